The lowest BCUT2D eigenvalue weighted by Crippen LogP contribution is -2.31. The fraction of sp³-hybridized carbons (Fsp3) is 0.462. The number of likely N-dealkylation sites (tertiary alicyclic amines) is 1. The van der Waals surface area contributed by atoms with E-state index < -0.39 is 0 Å². The predicted molar refractivity (Wildman–Crippen MR) is 68.6 cm³/mol. The van der Waals surface area contributed by atoms with Crippen molar-refractivity contribution in [2.75, 3.05) is 18.5 Å². The van der Waals surface area contributed by atoms with Crippen molar-refractivity contribution in [3.8, 4) is 0 Å². The highest BCUT2D eigenvalue weighted by Crippen LogP contribution is 2.30. The van der Waals surface area contributed by atoms with Crippen molar-refractivity contribution in [2.24, 2.45) is 11.3 Å². The summed E-state index contributed by atoms with van der Waals surface area (Å²) in [4.78, 5) is 14.2. The van der Waals surface area contributed by atoms with Crippen LogP contribution in [0.4, 0.5) is 5.69 Å². The van der Waals surface area contributed by atoms with Gasteiger partial charge < -0.3 is 10.3 Å². The zero-order chi connectivity index (χ0) is 12.5. The van der Waals surface area contributed by atoms with Crippen LogP contribution >= 0.6 is 0 Å². The number of hydrogen-bond acceptors (Lipinski definition) is 3. The second-order valence-electron chi connectivity index (χ2n) is 5.33. The van der Waals surface area contributed by atoms with E-state index in [-0.39, 0.29) is 11.3 Å². The van der Waals surface area contributed by atoms with Crippen LogP contribution in [0.3, 0.4) is 0 Å². The highest BCUT2D eigenvalue weighted by molar-refractivity contribution is 5.99. The Labute approximate surface area is 102 Å². The number of nitrogens with two attached hydrogens (primary N) is 1. The summed E-state index contributed by atoms with van der Waals surface area (Å²) < 4.78 is 0. The second kappa shape index (κ2) is 4.37. The van der Waals surface area contributed by atoms with E-state index in [4.69, 9.17) is 5.84 Å². The van der Waals surface area contributed by atoms with E-state index in [0.29, 0.717) is 11.3 Å². The molecule has 1 aromatic rings. The molecule has 1 fully saturated rings. The van der Waals surface area contributed by atoms with Gasteiger partial charge in [0.2, 0.25) is 0 Å². The molecule has 0 saturated carbocycles. The van der Waals surface area contributed by atoms with Crippen LogP contribution in [0.25, 0.3) is 0 Å². The topological polar surface area (TPSA) is 58.4 Å². The van der Waals surface area contributed by atoms with Gasteiger partial charge in [0, 0.05) is 13.1 Å². The van der Waals surface area contributed by atoms with Crippen LogP contribution in [0.5, 0.6) is 0 Å². The first-order valence-electron chi connectivity index (χ1n) is 5.88. The van der Waals surface area contributed by atoms with Gasteiger partial charge in [-0.25, -0.2) is 0 Å². The molecule has 1 aromatic carbocycles. The molecule has 0 bridgehead atoms. The molecule has 0 aliphatic carbocycles. The third-order valence-corrected chi connectivity index (χ3v) is 3.28. The molecule has 2 rings (SSSR count). The third-order valence-electron chi connectivity index (χ3n) is 3.28. The highest BCUT2D eigenvalue weighted by Gasteiger charge is 2.32. The lowest BCUT2D eigenvalue weighted by atomic mass is 9.93. The monoisotopic (exact) mass is 233 g/mol. The Morgan fingerprint density at radius 3 is 2.71 bits per heavy atom. The molecule has 3 N–H and O–H groups in total. The lowest BCUT2D eigenvalue weighted by Gasteiger charge is -2.20. The van der Waals surface area contributed by atoms with Gasteiger partial charge in [0.25, 0.3) is 5.91 Å². The van der Waals surface area contributed by atoms with Crippen LogP contribution in [-0.4, -0.2) is 23.9 Å². The molecule has 17 heavy (non-hydrogen) atoms. The van der Waals surface area contributed by atoms with Gasteiger partial charge in [-0.3, -0.25) is 10.6 Å². The Morgan fingerprint density at radius 2 is 2.12 bits per heavy atom. The molecular formula is C13H19N3O. The minimum Gasteiger partial charge on any atom is -0.338 e. The zero-order valence-corrected chi connectivity index (χ0v) is 10.4. The average molecular weight is 233 g/mol. The number of nitrogens with one attached hydrogen (secondary N) is 1. The Morgan fingerprint density at radius 1 is 1.41 bits per heavy atom. The van der Waals surface area contributed by atoms with Crippen molar-refractivity contribution in [1.82, 2.24) is 4.90 Å². The predicted octanol–water partition coefficient (Wildman–Crippen LogP) is 1.84. The molecule has 0 atom stereocenters. The van der Waals surface area contributed by atoms with Gasteiger partial charge in [-0.2, -0.15) is 0 Å². The number of nitrogens with zero attached hydrogens (tertiary/aromatic N) is 1. The number of anilines is 1. The minimum absolute atomic E-state index is 0.0594. The first-order chi connectivity index (χ1) is 8.03. The zero-order valence-electron chi connectivity index (χ0n) is 10.4. The standard InChI is InChI=1S/C13H19N3O/c1-13(2)7-8-16(9-13)12(17)10-5-3-4-6-11(10)15-14/h3-6,15H,7-9,14H2,1-2H3. The van der Waals surface area contributed by atoms with Gasteiger partial charge in [0.05, 0.1) is 11.3 Å². The van der Waals surface area contributed by atoms with Crippen LogP contribution in [0, 0.1) is 5.41 Å². The summed E-state index contributed by atoms with van der Waals surface area (Å²) in [5.41, 5.74) is 4.12. The fourth-order valence-electron chi connectivity index (χ4n) is 2.25. The number of hydrazine groups is 1. The minimum atomic E-state index is 0.0594. The largest absolute Gasteiger partial charge is 0.338 e. The molecule has 1 amide bonds. The summed E-state index contributed by atoms with van der Waals surface area (Å²) in [7, 11) is 0. The van der Waals surface area contributed by atoms with E-state index in [2.05, 4.69) is 19.3 Å². The Hall–Kier alpha value is -1.55. The van der Waals surface area contributed by atoms with Crippen molar-refractivity contribution >= 4 is 11.6 Å². The molecule has 0 unspecified atom stereocenters. The van der Waals surface area contributed by atoms with Crippen molar-refractivity contribution in [1.29, 1.82) is 0 Å². The number of carbonyl (C=O) groups excluding carboxylic acids is 1. The fourth-order valence-corrected chi connectivity index (χ4v) is 2.25. The van der Waals surface area contributed by atoms with Crippen LogP contribution in [-0.2, 0) is 0 Å². The summed E-state index contributed by atoms with van der Waals surface area (Å²) in [5, 5.41) is 0. The maximum absolute atomic E-state index is 12.3. The van der Waals surface area contributed by atoms with Gasteiger partial charge in [-0.15, -0.1) is 0 Å². The third kappa shape index (κ3) is 2.42. The molecule has 1 aliphatic heterocycles. The second-order valence-corrected chi connectivity index (χ2v) is 5.33. The number of amides is 1. The molecule has 4 nitrogen and oxygen atoms in total. The van der Waals surface area contributed by atoms with Gasteiger partial charge in [0.1, 0.15) is 0 Å². The summed E-state index contributed by atoms with van der Waals surface area (Å²) in [6.45, 7) is 6.01. The Bertz CT molecular complexity index is 428. The first kappa shape index (κ1) is 11.9. The highest BCUT2D eigenvalue weighted by atomic mass is 16.2. The Balaban J connectivity index is 2.20. The van der Waals surface area contributed by atoms with E-state index in [1.165, 1.54) is 0 Å². The van der Waals surface area contributed by atoms with Crippen molar-refractivity contribution in [3.63, 3.8) is 0 Å². The van der Waals surface area contributed by atoms with Gasteiger partial charge in [0.15, 0.2) is 0 Å². The van der Waals surface area contributed by atoms with Gasteiger partial charge >= 0.3 is 0 Å². The summed E-state index contributed by atoms with van der Waals surface area (Å²) in [6, 6.07) is 7.34. The summed E-state index contributed by atoms with van der Waals surface area (Å²) in [6.07, 6.45) is 1.05. The Kier molecular flexibility index (Phi) is 3.07. The lowest BCUT2D eigenvalue weighted by molar-refractivity contribution is 0.0779. The van der Waals surface area contributed by atoms with Gasteiger partial charge in [-0.05, 0) is 24.0 Å². The number of para-hydroxylation sites is 1. The maximum atomic E-state index is 12.3. The van der Waals surface area contributed by atoms with E-state index in [1.807, 2.05) is 29.2 Å². The van der Waals surface area contributed by atoms with Gasteiger partial charge in [-0.1, -0.05) is 26.0 Å². The van der Waals surface area contributed by atoms with Crippen LogP contribution in [0.2, 0.25) is 0 Å². The van der Waals surface area contributed by atoms with Crippen LogP contribution < -0.4 is 11.3 Å². The first-order valence-corrected chi connectivity index (χ1v) is 5.88. The molecule has 1 heterocycles. The molecule has 1 aliphatic rings. The van der Waals surface area contributed by atoms with Crippen molar-refractivity contribution in [3.05, 3.63) is 29.8 Å². The number of rotatable bonds is 2. The smallest absolute Gasteiger partial charge is 0.256 e. The molecule has 0 radical (unpaired) electrons. The SMILES string of the molecule is CC1(C)CCN(C(=O)c2ccccc2NN)C1. The van der Waals surface area contributed by atoms with E-state index in [9.17, 15) is 4.79 Å². The molecule has 4 heteroatoms. The molecule has 1 saturated heterocycles. The molecule has 0 spiro atoms. The quantitative estimate of drug-likeness (QED) is 0.605. The maximum Gasteiger partial charge on any atom is 0.256 e. The summed E-state index contributed by atoms with van der Waals surface area (Å²) >= 11 is 0. The average Bonchev–Trinajstić information content (AvgIpc) is 2.68. The van der Waals surface area contributed by atoms with E-state index >= 15 is 0 Å². The normalized spacial score (nSPS) is 18.2. The van der Waals surface area contributed by atoms with E-state index in [0.717, 1.165) is 19.5 Å². The molecular weight excluding hydrogens is 214 g/mol. The molecule has 92 valence electrons. The summed E-state index contributed by atoms with van der Waals surface area (Å²) in [5.74, 6) is 5.48. The van der Waals surface area contributed by atoms with Crippen molar-refractivity contribution in [2.45, 2.75) is 20.3 Å². The van der Waals surface area contributed by atoms with Crippen LogP contribution in [0.1, 0.15) is 30.6 Å². The number of hydrogen-bond donors (Lipinski definition) is 2. The number of carbonyl (C=O) groups is 1. The van der Waals surface area contributed by atoms with Crippen LogP contribution in [0.15, 0.2) is 24.3 Å². The molecule has 0 aromatic heterocycles. The number of benzene rings is 1. The number of nitrogen functional groups attached to an aromatic ring is 1. The van der Waals surface area contributed by atoms with Crippen molar-refractivity contribution < 1.29 is 4.79 Å². The van der Waals surface area contributed by atoms with E-state index in [1.54, 1.807) is 0 Å².